The molecule has 0 spiro atoms. The second-order valence-electron chi connectivity index (χ2n) is 10.4. The van der Waals surface area contributed by atoms with E-state index in [2.05, 4.69) is 115 Å². The van der Waals surface area contributed by atoms with E-state index in [0.717, 1.165) is 18.4 Å². The lowest BCUT2D eigenvalue weighted by Crippen LogP contribution is -2.21. The van der Waals surface area contributed by atoms with Gasteiger partial charge in [0.1, 0.15) is 0 Å². The van der Waals surface area contributed by atoms with E-state index in [4.69, 9.17) is 0 Å². The van der Waals surface area contributed by atoms with Crippen molar-refractivity contribution in [2.45, 2.75) is 19.8 Å². The van der Waals surface area contributed by atoms with Crippen molar-refractivity contribution in [1.29, 1.82) is 0 Å². The molecule has 0 fully saturated rings. The first kappa shape index (κ1) is 22.0. The predicted octanol–water partition coefficient (Wildman–Crippen LogP) is 9.22. The van der Waals surface area contributed by atoms with E-state index in [1.54, 1.807) is 0 Å². The smallest absolute Gasteiger partial charge is 0.0346 e. The van der Waals surface area contributed by atoms with Gasteiger partial charge in [0.2, 0.25) is 0 Å². The van der Waals surface area contributed by atoms with Crippen molar-refractivity contribution < 1.29 is 0 Å². The lowest BCUT2D eigenvalue weighted by Gasteiger charge is -2.38. The van der Waals surface area contributed by atoms with Gasteiger partial charge < -0.3 is 0 Å². The standard InChI is InChI=1S/C36H29N/c1-24-12-19-33-34(21-24)36(29-18-15-25-7-2-3-8-28(25)22-29)32-11-5-4-10-31(32)35(33)27-16-13-26(14-17-27)30-9-6-20-37-23-30/h2-9,11-20,22-24,31H,10,21H2,1H3. The maximum Gasteiger partial charge on any atom is 0.0346 e. The van der Waals surface area contributed by atoms with Crippen LogP contribution in [0.2, 0.25) is 0 Å². The summed E-state index contributed by atoms with van der Waals surface area (Å²) in [5, 5.41) is 2.60. The minimum absolute atomic E-state index is 0.354. The van der Waals surface area contributed by atoms with Gasteiger partial charge in [0, 0.05) is 18.3 Å². The van der Waals surface area contributed by atoms with E-state index >= 15 is 0 Å². The average molecular weight is 476 g/mol. The zero-order valence-electron chi connectivity index (χ0n) is 21.1. The van der Waals surface area contributed by atoms with Gasteiger partial charge in [-0.25, -0.2) is 0 Å². The molecule has 0 N–H and O–H groups in total. The number of hydrogen-bond acceptors (Lipinski definition) is 1. The molecule has 7 rings (SSSR count). The highest BCUT2D eigenvalue weighted by atomic mass is 14.6. The molecule has 4 aromatic rings. The largest absolute Gasteiger partial charge is 0.264 e. The summed E-state index contributed by atoms with van der Waals surface area (Å²) >= 11 is 0. The van der Waals surface area contributed by atoms with E-state index in [1.165, 1.54) is 55.3 Å². The fourth-order valence-corrected chi connectivity index (χ4v) is 6.29. The molecule has 178 valence electrons. The van der Waals surface area contributed by atoms with Crippen molar-refractivity contribution in [2.24, 2.45) is 11.8 Å². The van der Waals surface area contributed by atoms with Gasteiger partial charge in [-0.1, -0.05) is 104 Å². The van der Waals surface area contributed by atoms with E-state index in [9.17, 15) is 0 Å². The van der Waals surface area contributed by atoms with Crippen LogP contribution in [0.5, 0.6) is 0 Å². The first-order valence-corrected chi connectivity index (χ1v) is 13.3. The summed E-state index contributed by atoms with van der Waals surface area (Å²) in [4.78, 5) is 4.30. The third-order valence-corrected chi connectivity index (χ3v) is 8.06. The van der Waals surface area contributed by atoms with Crippen LogP contribution in [0.25, 0.3) is 33.0 Å². The highest BCUT2D eigenvalue weighted by Crippen LogP contribution is 2.52. The third kappa shape index (κ3) is 3.83. The molecule has 0 saturated heterocycles. The van der Waals surface area contributed by atoms with Crippen LogP contribution < -0.4 is 0 Å². The molecule has 37 heavy (non-hydrogen) atoms. The lowest BCUT2D eigenvalue weighted by molar-refractivity contribution is 0.698. The van der Waals surface area contributed by atoms with Crippen LogP contribution in [-0.4, -0.2) is 4.98 Å². The second kappa shape index (κ2) is 9.01. The molecule has 3 aliphatic carbocycles. The number of fused-ring (bicyclic) bond motifs is 3. The van der Waals surface area contributed by atoms with Crippen LogP contribution in [-0.2, 0) is 0 Å². The monoisotopic (exact) mass is 475 g/mol. The Balaban J connectivity index is 1.44. The Bertz CT molecular complexity index is 1660. The van der Waals surface area contributed by atoms with Crippen molar-refractivity contribution in [2.75, 3.05) is 0 Å². The van der Waals surface area contributed by atoms with Crippen LogP contribution in [0, 0.1) is 11.8 Å². The molecule has 1 aromatic heterocycles. The van der Waals surface area contributed by atoms with E-state index < -0.39 is 0 Å². The summed E-state index contributed by atoms with van der Waals surface area (Å²) in [7, 11) is 0. The minimum Gasteiger partial charge on any atom is -0.264 e. The van der Waals surface area contributed by atoms with Gasteiger partial charge in [-0.3, -0.25) is 4.98 Å². The first-order valence-electron chi connectivity index (χ1n) is 13.3. The number of allylic oxidation sites excluding steroid dienone is 10. The topological polar surface area (TPSA) is 12.9 Å². The number of aromatic nitrogens is 1. The molecule has 1 heterocycles. The van der Waals surface area contributed by atoms with Crippen molar-refractivity contribution >= 4 is 21.9 Å². The van der Waals surface area contributed by atoms with Gasteiger partial charge in [0.15, 0.2) is 0 Å². The molecule has 0 amide bonds. The van der Waals surface area contributed by atoms with Crippen LogP contribution in [0.4, 0.5) is 0 Å². The highest BCUT2D eigenvalue weighted by Gasteiger charge is 2.35. The summed E-state index contributed by atoms with van der Waals surface area (Å²) in [6, 6.07) is 28.9. The lowest BCUT2D eigenvalue weighted by atomic mass is 9.66. The predicted molar refractivity (Wildman–Crippen MR) is 156 cm³/mol. The molecular formula is C36H29N. The van der Waals surface area contributed by atoms with Crippen LogP contribution in [0.15, 0.2) is 138 Å². The Hall–Kier alpha value is -4.23. The van der Waals surface area contributed by atoms with Gasteiger partial charge >= 0.3 is 0 Å². The minimum atomic E-state index is 0.354. The molecule has 3 aliphatic rings. The quantitative estimate of drug-likeness (QED) is 0.288. The van der Waals surface area contributed by atoms with Gasteiger partial charge in [0.05, 0.1) is 0 Å². The third-order valence-electron chi connectivity index (χ3n) is 8.06. The molecule has 0 bridgehead atoms. The molecule has 1 nitrogen and oxygen atoms in total. The molecular weight excluding hydrogens is 446 g/mol. The number of rotatable bonds is 3. The van der Waals surface area contributed by atoms with Crippen molar-refractivity contribution in [1.82, 2.24) is 4.98 Å². The molecule has 0 saturated carbocycles. The molecule has 0 aliphatic heterocycles. The Morgan fingerprint density at radius 2 is 1.59 bits per heavy atom. The van der Waals surface area contributed by atoms with Gasteiger partial charge in [-0.05, 0) is 91.8 Å². The number of pyridine rings is 1. The summed E-state index contributed by atoms with van der Waals surface area (Å²) in [5.41, 5.74) is 12.3. The normalized spacial score (nSPS) is 20.6. The molecule has 0 radical (unpaired) electrons. The van der Waals surface area contributed by atoms with Crippen molar-refractivity contribution in [3.8, 4) is 11.1 Å². The summed E-state index contributed by atoms with van der Waals surface area (Å²) in [6.07, 6.45) is 17.6. The van der Waals surface area contributed by atoms with Crippen LogP contribution >= 0.6 is 0 Å². The number of nitrogens with zero attached hydrogens (tertiary/aromatic N) is 1. The fourth-order valence-electron chi connectivity index (χ4n) is 6.29. The van der Waals surface area contributed by atoms with Crippen molar-refractivity contribution in [3.63, 3.8) is 0 Å². The molecule has 2 atom stereocenters. The van der Waals surface area contributed by atoms with E-state index in [0.29, 0.717) is 11.8 Å². The maximum atomic E-state index is 4.30. The summed E-state index contributed by atoms with van der Waals surface area (Å²) in [5.74, 6) is 0.882. The molecule has 2 unspecified atom stereocenters. The van der Waals surface area contributed by atoms with Crippen LogP contribution in [0.1, 0.15) is 30.9 Å². The number of hydrogen-bond donors (Lipinski definition) is 0. The Labute approximate surface area is 218 Å². The zero-order chi connectivity index (χ0) is 24.8. The second-order valence-corrected chi connectivity index (χ2v) is 10.4. The van der Waals surface area contributed by atoms with Gasteiger partial charge in [-0.2, -0.15) is 0 Å². The van der Waals surface area contributed by atoms with E-state index in [-0.39, 0.29) is 0 Å². The van der Waals surface area contributed by atoms with E-state index in [1.807, 2.05) is 18.5 Å². The SMILES string of the molecule is CC1C=CC2=C(c3ccc(-c4cccnc4)cc3)C3CC=CC=C3C(c3ccc4ccccc4c3)=C2C1. The highest BCUT2D eigenvalue weighted by molar-refractivity contribution is 5.99. The molecule has 1 heteroatoms. The Morgan fingerprint density at radius 1 is 0.784 bits per heavy atom. The fraction of sp³-hybridized carbons (Fsp3) is 0.139. The maximum absolute atomic E-state index is 4.30. The van der Waals surface area contributed by atoms with Crippen LogP contribution in [0.3, 0.4) is 0 Å². The van der Waals surface area contributed by atoms with Gasteiger partial charge in [-0.15, -0.1) is 0 Å². The zero-order valence-corrected chi connectivity index (χ0v) is 21.1. The summed E-state index contributed by atoms with van der Waals surface area (Å²) < 4.78 is 0. The molecule has 3 aromatic carbocycles. The van der Waals surface area contributed by atoms with Crippen molar-refractivity contribution in [3.05, 3.63) is 149 Å². The number of benzene rings is 3. The Kier molecular flexibility index (Phi) is 5.36. The first-order chi connectivity index (χ1) is 18.3. The summed E-state index contributed by atoms with van der Waals surface area (Å²) in [6.45, 7) is 2.34. The Morgan fingerprint density at radius 3 is 2.43 bits per heavy atom. The van der Waals surface area contributed by atoms with Gasteiger partial charge in [0.25, 0.3) is 0 Å². The average Bonchev–Trinajstić information content (AvgIpc) is 2.96.